The molecule has 1 amide bonds. The average molecular weight is 345 g/mol. The molecule has 1 aliphatic heterocycles. The molecule has 0 spiro atoms. The highest BCUT2D eigenvalue weighted by Crippen LogP contribution is 2.27. The molecule has 2 rings (SSSR count). The van der Waals surface area contributed by atoms with E-state index in [4.69, 9.17) is 0 Å². The number of carbonyl (C=O) groups is 1. The van der Waals surface area contributed by atoms with Gasteiger partial charge in [0.15, 0.2) is 0 Å². The second kappa shape index (κ2) is 7.57. The largest absolute Gasteiger partial charge is 0.353 e. The van der Waals surface area contributed by atoms with Crippen molar-refractivity contribution < 1.29 is 13.2 Å². The first-order chi connectivity index (χ1) is 10.5. The standard InChI is InChI=1S/C15H24N2O3S2/c1-3-12(4-2)16-14(18)11-13-7-8-15(21-13)22(19,20)17-9-5-6-10-17/h7-8,12H,3-6,9-11H2,1-2H3,(H,16,18). The molecule has 22 heavy (non-hydrogen) atoms. The van der Waals surface area contributed by atoms with Gasteiger partial charge in [-0.2, -0.15) is 4.31 Å². The van der Waals surface area contributed by atoms with Crippen LogP contribution in [0, 0.1) is 0 Å². The van der Waals surface area contributed by atoms with E-state index in [1.54, 1.807) is 12.1 Å². The van der Waals surface area contributed by atoms with E-state index < -0.39 is 10.0 Å². The maximum absolute atomic E-state index is 12.4. The zero-order chi connectivity index (χ0) is 16.2. The van der Waals surface area contributed by atoms with Crippen LogP contribution in [0.4, 0.5) is 0 Å². The molecule has 0 bridgehead atoms. The van der Waals surface area contributed by atoms with Gasteiger partial charge >= 0.3 is 0 Å². The van der Waals surface area contributed by atoms with Gasteiger partial charge in [-0.3, -0.25) is 4.79 Å². The van der Waals surface area contributed by atoms with Gasteiger partial charge in [-0.25, -0.2) is 8.42 Å². The van der Waals surface area contributed by atoms with Gasteiger partial charge in [-0.1, -0.05) is 13.8 Å². The fraction of sp³-hybridized carbons (Fsp3) is 0.667. The lowest BCUT2D eigenvalue weighted by atomic mass is 10.1. The molecule has 124 valence electrons. The fourth-order valence-electron chi connectivity index (χ4n) is 2.58. The monoisotopic (exact) mass is 344 g/mol. The molecule has 1 N–H and O–H groups in total. The third kappa shape index (κ3) is 4.08. The molecule has 1 aromatic rings. The number of hydrogen-bond donors (Lipinski definition) is 1. The predicted molar refractivity (Wildman–Crippen MR) is 88.5 cm³/mol. The van der Waals surface area contributed by atoms with Crippen molar-refractivity contribution in [2.24, 2.45) is 0 Å². The molecule has 5 nitrogen and oxygen atoms in total. The molecular formula is C15H24N2O3S2. The summed E-state index contributed by atoms with van der Waals surface area (Å²) in [6.07, 6.45) is 3.91. The van der Waals surface area contributed by atoms with Crippen LogP contribution >= 0.6 is 11.3 Å². The summed E-state index contributed by atoms with van der Waals surface area (Å²) in [7, 11) is -3.37. The zero-order valence-electron chi connectivity index (χ0n) is 13.2. The summed E-state index contributed by atoms with van der Waals surface area (Å²) in [5.41, 5.74) is 0. The topological polar surface area (TPSA) is 66.5 Å². The fourth-order valence-corrected chi connectivity index (χ4v) is 5.60. The molecule has 1 saturated heterocycles. The summed E-state index contributed by atoms with van der Waals surface area (Å²) < 4.78 is 26.8. The molecule has 1 aromatic heterocycles. The van der Waals surface area contributed by atoms with Crippen LogP contribution in [0.1, 0.15) is 44.4 Å². The van der Waals surface area contributed by atoms with Crippen molar-refractivity contribution in [3.8, 4) is 0 Å². The molecule has 7 heteroatoms. The molecular weight excluding hydrogens is 320 g/mol. The van der Waals surface area contributed by atoms with Crippen LogP contribution in [0.25, 0.3) is 0 Å². The number of amides is 1. The van der Waals surface area contributed by atoms with Gasteiger partial charge in [0.1, 0.15) is 4.21 Å². The highest BCUT2D eigenvalue weighted by molar-refractivity contribution is 7.91. The van der Waals surface area contributed by atoms with Gasteiger partial charge in [0, 0.05) is 24.0 Å². The van der Waals surface area contributed by atoms with Crippen LogP contribution in [-0.4, -0.2) is 37.8 Å². The van der Waals surface area contributed by atoms with Gasteiger partial charge in [0.05, 0.1) is 6.42 Å². The quantitative estimate of drug-likeness (QED) is 0.826. The minimum atomic E-state index is -3.37. The summed E-state index contributed by atoms with van der Waals surface area (Å²) >= 11 is 1.21. The van der Waals surface area contributed by atoms with Gasteiger partial charge in [0.25, 0.3) is 10.0 Å². The summed E-state index contributed by atoms with van der Waals surface area (Å²) in [4.78, 5) is 12.8. The lowest BCUT2D eigenvalue weighted by Gasteiger charge is -2.14. The summed E-state index contributed by atoms with van der Waals surface area (Å²) in [6, 6.07) is 3.57. The van der Waals surface area contributed by atoms with Crippen molar-refractivity contribution in [1.29, 1.82) is 0 Å². The first kappa shape index (κ1) is 17.4. The molecule has 0 aromatic carbocycles. The second-order valence-corrected chi connectivity index (χ2v) is 8.92. The van der Waals surface area contributed by atoms with Gasteiger partial charge < -0.3 is 5.32 Å². The number of nitrogens with zero attached hydrogens (tertiary/aromatic N) is 1. The number of carbonyl (C=O) groups excluding carboxylic acids is 1. The second-order valence-electron chi connectivity index (χ2n) is 5.59. The number of thiophene rings is 1. The van der Waals surface area contributed by atoms with Gasteiger partial charge in [-0.15, -0.1) is 11.3 Å². The molecule has 0 saturated carbocycles. The van der Waals surface area contributed by atoms with Crippen LogP contribution in [0.15, 0.2) is 16.3 Å². The van der Waals surface area contributed by atoms with Crippen LogP contribution < -0.4 is 5.32 Å². The van der Waals surface area contributed by atoms with Crippen molar-refractivity contribution in [1.82, 2.24) is 9.62 Å². The van der Waals surface area contributed by atoms with E-state index in [0.717, 1.165) is 30.6 Å². The number of sulfonamides is 1. The van der Waals surface area contributed by atoms with Crippen molar-refractivity contribution >= 4 is 27.3 Å². The Morgan fingerprint density at radius 3 is 2.50 bits per heavy atom. The lowest BCUT2D eigenvalue weighted by Crippen LogP contribution is -2.34. The Balaban J connectivity index is 2.00. The van der Waals surface area contributed by atoms with Crippen molar-refractivity contribution in [3.05, 3.63) is 17.0 Å². The van der Waals surface area contributed by atoms with E-state index in [9.17, 15) is 13.2 Å². The molecule has 1 fully saturated rings. The van der Waals surface area contributed by atoms with Crippen LogP contribution in [0.2, 0.25) is 0 Å². The van der Waals surface area contributed by atoms with E-state index in [1.165, 1.54) is 15.6 Å². The Labute approximate surface area is 136 Å². The first-order valence-corrected chi connectivity index (χ1v) is 10.1. The molecule has 0 radical (unpaired) electrons. The highest BCUT2D eigenvalue weighted by atomic mass is 32.2. The van der Waals surface area contributed by atoms with E-state index in [-0.39, 0.29) is 18.4 Å². The molecule has 2 heterocycles. The molecule has 0 unspecified atom stereocenters. The Kier molecular flexibility index (Phi) is 6.00. The van der Waals surface area contributed by atoms with Crippen molar-refractivity contribution in [2.45, 2.75) is 56.2 Å². The highest BCUT2D eigenvalue weighted by Gasteiger charge is 2.28. The van der Waals surface area contributed by atoms with Gasteiger partial charge in [0.2, 0.25) is 5.91 Å². The SMILES string of the molecule is CCC(CC)NC(=O)Cc1ccc(S(=O)(=O)N2CCCC2)s1. The minimum Gasteiger partial charge on any atom is -0.353 e. The third-order valence-corrected chi connectivity index (χ3v) is 7.43. The first-order valence-electron chi connectivity index (χ1n) is 7.85. The Bertz CT molecular complexity index is 600. The van der Waals surface area contributed by atoms with Crippen LogP contribution in [0.3, 0.4) is 0 Å². The average Bonchev–Trinajstić information content (AvgIpc) is 3.16. The smallest absolute Gasteiger partial charge is 0.252 e. The van der Waals surface area contributed by atoms with Crippen LogP contribution in [-0.2, 0) is 21.2 Å². The van der Waals surface area contributed by atoms with Gasteiger partial charge in [-0.05, 0) is 37.8 Å². The van der Waals surface area contributed by atoms with Crippen LogP contribution in [0.5, 0.6) is 0 Å². The van der Waals surface area contributed by atoms with E-state index in [0.29, 0.717) is 17.3 Å². The summed E-state index contributed by atoms with van der Waals surface area (Å²) in [5.74, 6) is -0.0410. The maximum Gasteiger partial charge on any atom is 0.252 e. The molecule has 0 aliphatic carbocycles. The van der Waals surface area contributed by atoms with Crippen molar-refractivity contribution in [3.63, 3.8) is 0 Å². The Morgan fingerprint density at radius 2 is 1.91 bits per heavy atom. The predicted octanol–water partition coefficient (Wildman–Crippen LogP) is 2.38. The lowest BCUT2D eigenvalue weighted by molar-refractivity contribution is -0.121. The Morgan fingerprint density at radius 1 is 1.27 bits per heavy atom. The minimum absolute atomic E-state index is 0.0410. The number of nitrogens with one attached hydrogen (secondary N) is 1. The zero-order valence-corrected chi connectivity index (χ0v) is 14.8. The number of hydrogen-bond acceptors (Lipinski definition) is 4. The van der Waals surface area contributed by atoms with E-state index in [1.807, 2.05) is 13.8 Å². The van der Waals surface area contributed by atoms with Crippen molar-refractivity contribution in [2.75, 3.05) is 13.1 Å². The third-order valence-electron chi connectivity index (χ3n) is 3.98. The summed E-state index contributed by atoms with van der Waals surface area (Å²) in [5, 5.41) is 2.98. The normalized spacial score (nSPS) is 16.3. The maximum atomic E-state index is 12.4. The van der Waals surface area contributed by atoms with E-state index >= 15 is 0 Å². The number of rotatable bonds is 7. The van der Waals surface area contributed by atoms with E-state index in [2.05, 4.69) is 5.32 Å². The molecule has 0 atom stereocenters. The Hall–Kier alpha value is -0.920. The molecule has 1 aliphatic rings. The summed E-state index contributed by atoms with van der Waals surface area (Å²) in [6.45, 7) is 5.29.